The van der Waals surface area contributed by atoms with Gasteiger partial charge in [0.2, 0.25) is 0 Å². The predicted octanol–water partition coefficient (Wildman–Crippen LogP) is 3.82. The Hall–Kier alpha value is -2.37. The second-order valence-corrected chi connectivity index (χ2v) is 6.66. The van der Waals surface area contributed by atoms with E-state index in [1.54, 1.807) is 0 Å². The number of benzene rings is 2. The molecule has 4 rings (SSSR count). The fourth-order valence-corrected chi connectivity index (χ4v) is 3.12. The molecular formula is C19H19ClN4O. The van der Waals surface area contributed by atoms with Gasteiger partial charge >= 0.3 is 0 Å². The largest absolute Gasteiger partial charge is 0.350 e. The van der Waals surface area contributed by atoms with Crippen LogP contribution in [0.1, 0.15) is 23.0 Å². The smallest absolute Gasteiger partial charge is 0.177 e. The maximum Gasteiger partial charge on any atom is 0.177 e. The highest BCUT2D eigenvalue weighted by molar-refractivity contribution is 6.30. The molecule has 2 aromatic carbocycles. The molecular weight excluding hydrogens is 336 g/mol. The first-order valence-corrected chi connectivity index (χ1v) is 8.66. The molecule has 1 aliphatic rings. The average Bonchev–Trinajstić information content (AvgIpc) is 3.27. The molecule has 6 heteroatoms. The van der Waals surface area contributed by atoms with Crippen LogP contribution in [0.3, 0.4) is 0 Å². The molecule has 1 aromatic heterocycles. The number of halogens is 1. The minimum atomic E-state index is -0.193. The summed E-state index contributed by atoms with van der Waals surface area (Å²) in [5.74, 6) is 0. The summed E-state index contributed by atoms with van der Waals surface area (Å²) in [5, 5.41) is 9.31. The third-order valence-electron chi connectivity index (χ3n) is 4.32. The Morgan fingerprint density at radius 2 is 1.88 bits per heavy atom. The van der Waals surface area contributed by atoms with Gasteiger partial charge in [-0.2, -0.15) is 0 Å². The number of aromatic nitrogens is 3. The van der Waals surface area contributed by atoms with E-state index >= 15 is 0 Å². The van der Waals surface area contributed by atoms with Crippen molar-refractivity contribution < 1.29 is 4.74 Å². The molecule has 128 valence electrons. The first kappa shape index (κ1) is 16.1. The van der Waals surface area contributed by atoms with E-state index < -0.39 is 0 Å². The van der Waals surface area contributed by atoms with Gasteiger partial charge in [0.1, 0.15) is 5.69 Å². The van der Waals surface area contributed by atoms with Gasteiger partial charge < -0.3 is 9.64 Å². The fraction of sp³-hybridized carbons (Fsp3) is 0.263. The van der Waals surface area contributed by atoms with Crippen molar-refractivity contribution in [1.29, 1.82) is 0 Å². The predicted molar refractivity (Wildman–Crippen MR) is 97.8 cm³/mol. The van der Waals surface area contributed by atoms with E-state index in [2.05, 4.69) is 46.4 Å². The van der Waals surface area contributed by atoms with Crippen molar-refractivity contribution in [3.63, 3.8) is 0 Å². The topological polar surface area (TPSA) is 43.2 Å². The molecule has 0 saturated carbocycles. The highest BCUT2D eigenvalue weighted by atomic mass is 35.5. The number of nitrogens with zero attached hydrogens (tertiary/aromatic N) is 4. The molecule has 0 radical (unpaired) electrons. The highest BCUT2D eigenvalue weighted by Crippen LogP contribution is 2.31. The molecule has 1 saturated heterocycles. The molecule has 5 nitrogen and oxygen atoms in total. The minimum absolute atomic E-state index is 0.193. The van der Waals surface area contributed by atoms with E-state index in [-0.39, 0.29) is 6.23 Å². The molecule has 1 aliphatic heterocycles. The molecule has 2 heterocycles. The summed E-state index contributed by atoms with van der Waals surface area (Å²) in [6.45, 7) is 4.27. The number of anilines is 1. The third kappa shape index (κ3) is 3.52. The van der Waals surface area contributed by atoms with E-state index in [1.807, 2.05) is 35.1 Å². The summed E-state index contributed by atoms with van der Waals surface area (Å²) in [4.78, 5) is 2.22. The van der Waals surface area contributed by atoms with Crippen LogP contribution in [0.5, 0.6) is 0 Å². The normalized spacial score (nSPS) is 17.2. The van der Waals surface area contributed by atoms with Crippen LogP contribution in [0.4, 0.5) is 5.69 Å². The SMILES string of the molecule is Cc1ccc(N2CCO[C@@H]2c2cn(Cc3ccc(Cl)cc3)nn2)cc1. The molecule has 0 N–H and O–H groups in total. The van der Waals surface area contributed by atoms with Crippen LogP contribution in [0, 0.1) is 6.92 Å². The number of hydrogen-bond acceptors (Lipinski definition) is 4. The van der Waals surface area contributed by atoms with Crippen LogP contribution in [-0.4, -0.2) is 28.1 Å². The van der Waals surface area contributed by atoms with Crippen LogP contribution in [0.2, 0.25) is 5.02 Å². The van der Waals surface area contributed by atoms with Gasteiger partial charge in [0, 0.05) is 17.3 Å². The van der Waals surface area contributed by atoms with Gasteiger partial charge in [-0.3, -0.25) is 0 Å². The summed E-state index contributed by atoms with van der Waals surface area (Å²) in [7, 11) is 0. The van der Waals surface area contributed by atoms with E-state index in [1.165, 1.54) is 5.56 Å². The van der Waals surface area contributed by atoms with Crippen LogP contribution < -0.4 is 4.90 Å². The average molecular weight is 355 g/mol. The molecule has 0 bridgehead atoms. The molecule has 0 spiro atoms. The minimum Gasteiger partial charge on any atom is -0.350 e. The standard InChI is InChI=1S/C19H19ClN4O/c1-14-2-8-17(9-3-14)24-10-11-25-19(24)18-13-23(22-21-18)12-15-4-6-16(20)7-5-15/h2-9,13,19H,10-12H2,1H3/t19-/m1/s1. The van der Waals surface area contributed by atoms with Crippen LogP contribution in [-0.2, 0) is 11.3 Å². The lowest BCUT2D eigenvalue weighted by molar-refractivity contribution is 0.110. The van der Waals surface area contributed by atoms with Crippen molar-refractivity contribution in [2.24, 2.45) is 0 Å². The molecule has 25 heavy (non-hydrogen) atoms. The summed E-state index contributed by atoms with van der Waals surface area (Å²) in [6, 6.07) is 16.2. The van der Waals surface area contributed by atoms with E-state index in [4.69, 9.17) is 16.3 Å². The van der Waals surface area contributed by atoms with Crippen molar-refractivity contribution in [1.82, 2.24) is 15.0 Å². The molecule has 0 unspecified atom stereocenters. The Labute approximate surface area is 151 Å². The van der Waals surface area contributed by atoms with Crippen molar-refractivity contribution in [3.05, 3.63) is 76.6 Å². The van der Waals surface area contributed by atoms with Gasteiger partial charge in [-0.25, -0.2) is 4.68 Å². The molecule has 3 aromatic rings. The Bertz CT molecular complexity index is 845. The summed E-state index contributed by atoms with van der Waals surface area (Å²) in [5.41, 5.74) is 4.34. The Kier molecular flexibility index (Phi) is 4.42. The van der Waals surface area contributed by atoms with Gasteiger partial charge in [-0.15, -0.1) is 5.10 Å². The van der Waals surface area contributed by atoms with Crippen molar-refractivity contribution in [2.45, 2.75) is 19.7 Å². The number of rotatable bonds is 4. The molecule has 0 amide bonds. The second-order valence-electron chi connectivity index (χ2n) is 6.22. The lowest BCUT2D eigenvalue weighted by Gasteiger charge is -2.23. The zero-order valence-corrected chi connectivity index (χ0v) is 14.7. The van der Waals surface area contributed by atoms with E-state index in [9.17, 15) is 0 Å². The zero-order chi connectivity index (χ0) is 17.2. The summed E-state index contributed by atoms with van der Waals surface area (Å²) < 4.78 is 7.74. The van der Waals surface area contributed by atoms with Gasteiger partial charge in [-0.05, 0) is 36.8 Å². The van der Waals surface area contributed by atoms with E-state index in [0.29, 0.717) is 13.2 Å². The Morgan fingerprint density at radius 3 is 2.64 bits per heavy atom. The van der Waals surface area contributed by atoms with Crippen LogP contribution in [0.15, 0.2) is 54.7 Å². The monoisotopic (exact) mass is 354 g/mol. The highest BCUT2D eigenvalue weighted by Gasteiger charge is 2.29. The lowest BCUT2D eigenvalue weighted by Crippen LogP contribution is -2.23. The summed E-state index contributed by atoms with van der Waals surface area (Å²) in [6.07, 6.45) is 1.76. The van der Waals surface area contributed by atoms with Crippen molar-refractivity contribution >= 4 is 17.3 Å². The number of ether oxygens (including phenoxy) is 1. The first-order chi connectivity index (χ1) is 12.2. The number of hydrogen-bond donors (Lipinski definition) is 0. The number of aryl methyl sites for hydroxylation is 1. The van der Waals surface area contributed by atoms with Crippen LogP contribution >= 0.6 is 11.6 Å². The lowest BCUT2D eigenvalue weighted by atomic mass is 10.2. The maximum atomic E-state index is 5.93. The Balaban J connectivity index is 1.52. The quantitative estimate of drug-likeness (QED) is 0.714. The van der Waals surface area contributed by atoms with Crippen molar-refractivity contribution in [3.8, 4) is 0 Å². The van der Waals surface area contributed by atoms with Crippen molar-refractivity contribution in [2.75, 3.05) is 18.1 Å². The second kappa shape index (κ2) is 6.86. The maximum absolute atomic E-state index is 5.93. The molecule has 1 fully saturated rings. The third-order valence-corrected chi connectivity index (χ3v) is 4.58. The van der Waals surface area contributed by atoms with Gasteiger partial charge in [0.05, 0.1) is 19.3 Å². The van der Waals surface area contributed by atoms with Crippen LogP contribution in [0.25, 0.3) is 0 Å². The van der Waals surface area contributed by atoms with Gasteiger partial charge in [0.25, 0.3) is 0 Å². The Morgan fingerprint density at radius 1 is 1.12 bits per heavy atom. The van der Waals surface area contributed by atoms with Gasteiger partial charge in [0.15, 0.2) is 6.23 Å². The van der Waals surface area contributed by atoms with Gasteiger partial charge in [-0.1, -0.05) is 46.6 Å². The fourth-order valence-electron chi connectivity index (χ4n) is 3.00. The first-order valence-electron chi connectivity index (χ1n) is 8.28. The summed E-state index contributed by atoms with van der Waals surface area (Å²) >= 11 is 5.93. The molecule has 1 atom stereocenters. The zero-order valence-electron chi connectivity index (χ0n) is 14.0. The van der Waals surface area contributed by atoms with E-state index in [0.717, 1.165) is 28.5 Å². The molecule has 0 aliphatic carbocycles.